The summed E-state index contributed by atoms with van der Waals surface area (Å²) >= 11 is 11.4. The maximum Gasteiger partial charge on any atom is 0.509 e. The standard InChI is InChI=1S/C5H7Br2ClO3/c6-1-4(2-7)11-5(9)10-3-8/h4H,1-3H2. The minimum absolute atomic E-state index is 0.184. The Bertz CT molecular complexity index is 118. The van der Waals surface area contributed by atoms with Crippen molar-refractivity contribution in [2.24, 2.45) is 0 Å². The van der Waals surface area contributed by atoms with E-state index < -0.39 is 6.16 Å². The zero-order chi connectivity index (χ0) is 8.69. The lowest BCUT2D eigenvalue weighted by Crippen LogP contribution is -2.21. The fourth-order valence-corrected chi connectivity index (χ4v) is 1.74. The molecule has 11 heavy (non-hydrogen) atoms. The van der Waals surface area contributed by atoms with Crippen molar-refractivity contribution >= 4 is 49.6 Å². The van der Waals surface area contributed by atoms with Crippen molar-refractivity contribution in [1.82, 2.24) is 0 Å². The molecular formula is C5H7Br2ClO3. The molecule has 0 heterocycles. The van der Waals surface area contributed by atoms with Crippen molar-refractivity contribution in [2.45, 2.75) is 6.10 Å². The van der Waals surface area contributed by atoms with Crippen molar-refractivity contribution in [3.05, 3.63) is 0 Å². The average Bonchev–Trinajstić information content (AvgIpc) is 2.01. The average molecular weight is 310 g/mol. The van der Waals surface area contributed by atoms with Crippen LogP contribution < -0.4 is 0 Å². The second kappa shape index (κ2) is 7.18. The normalized spacial score (nSPS) is 9.82. The molecule has 0 aromatic rings. The molecule has 0 fully saturated rings. The van der Waals surface area contributed by atoms with Crippen LogP contribution in [0.2, 0.25) is 0 Å². The topological polar surface area (TPSA) is 35.5 Å². The summed E-state index contributed by atoms with van der Waals surface area (Å²) in [5.74, 6) is 0. The van der Waals surface area contributed by atoms with Gasteiger partial charge in [0, 0.05) is 10.7 Å². The third-order valence-electron chi connectivity index (χ3n) is 0.780. The van der Waals surface area contributed by atoms with Gasteiger partial charge in [0.05, 0.1) is 0 Å². The van der Waals surface area contributed by atoms with E-state index in [1.165, 1.54) is 0 Å². The smallest absolute Gasteiger partial charge is 0.429 e. The van der Waals surface area contributed by atoms with Crippen molar-refractivity contribution in [1.29, 1.82) is 0 Å². The molecule has 0 saturated heterocycles. The molecule has 66 valence electrons. The van der Waals surface area contributed by atoms with Gasteiger partial charge in [-0.3, -0.25) is 0 Å². The number of rotatable bonds is 4. The maximum absolute atomic E-state index is 10.6. The summed E-state index contributed by atoms with van der Waals surface area (Å²) in [6.07, 6.45) is -0.963. The first-order valence-electron chi connectivity index (χ1n) is 2.76. The molecular weight excluding hydrogens is 303 g/mol. The van der Waals surface area contributed by atoms with Crippen LogP contribution in [0.4, 0.5) is 4.79 Å². The molecule has 0 N–H and O–H groups in total. The summed E-state index contributed by atoms with van der Waals surface area (Å²) in [6, 6.07) is -0.184. The highest BCUT2D eigenvalue weighted by Crippen LogP contribution is 2.03. The molecule has 0 spiro atoms. The fourth-order valence-electron chi connectivity index (χ4n) is 0.319. The third-order valence-corrected chi connectivity index (χ3v) is 2.33. The molecule has 0 aliphatic heterocycles. The molecule has 0 aromatic heterocycles. The van der Waals surface area contributed by atoms with E-state index in [0.29, 0.717) is 10.7 Å². The minimum Gasteiger partial charge on any atom is -0.429 e. The van der Waals surface area contributed by atoms with E-state index in [1.807, 2.05) is 0 Å². The molecule has 6 heteroatoms. The van der Waals surface area contributed by atoms with Gasteiger partial charge >= 0.3 is 6.16 Å². The lowest BCUT2D eigenvalue weighted by atomic mass is 10.5. The predicted octanol–water partition coefficient (Wildman–Crippen LogP) is 2.49. The second-order valence-electron chi connectivity index (χ2n) is 1.55. The summed E-state index contributed by atoms with van der Waals surface area (Å²) in [5, 5.41) is 1.13. The number of alkyl halides is 3. The molecule has 0 atom stereocenters. The van der Waals surface area contributed by atoms with Crippen LogP contribution in [0.1, 0.15) is 0 Å². The van der Waals surface area contributed by atoms with Crippen LogP contribution in [0.15, 0.2) is 0 Å². The largest absolute Gasteiger partial charge is 0.509 e. The Morgan fingerprint density at radius 1 is 1.45 bits per heavy atom. The predicted molar refractivity (Wildman–Crippen MR) is 49.7 cm³/mol. The zero-order valence-electron chi connectivity index (χ0n) is 5.56. The lowest BCUT2D eigenvalue weighted by Gasteiger charge is -2.10. The molecule has 0 bridgehead atoms. The first-order valence-corrected chi connectivity index (χ1v) is 5.53. The van der Waals surface area contributed by atoms with E-state index in [1.54, 1.807) is 0 Å². The highest BCUT2D eigenvalue weighted by atomic mass is 79.9. The van der Waals surface area contributed by atoms with Gasteiger partial charge in [0.2, 0.25) is 0 Å². The molecule has 0 aliphatic rings. The van der Waals surface area contributed by atoms with Gasteiger partial charge in [0.15, 0.2) is 6.07 Å². The minimum atomic E-state index is -0.746. The highest BCUT2D eigenvalue weighted by Gasteiger charge is 2.11. The molecule has 0 aliphatic carbocycles. The van der Waals surface area contributed by atoms with E-state index in [0.717, 1.165) is 0 Å². The highest BCUT2D eigenvalue weighted by molar-refractivity contribution is 9.09. The molecule has 0 rings (SSSR count). The number of hydrogen-bond donors (Lipinski definition) is 0. The summed E-state index contributed by atoms with van der Waals surface area (Å²) < 4.78 is 9.09. The van der Waals surface area contributed by atoms with Gasteiger partial charge in [0.1, 0.15) is 6.10 Å². The Morgan fingerprint density at radius 2 is 2.00 bits per heavy atom. The number of halogens is 3. The van der Waals surface area contributed by atoms with E-state index in [-0.39, 0.29) is 12.2 Å². The summed E-state index contributed by atoms with van der Waals surface area (Å²) in [6.45, 7) is 0. The van der Waals surface area contributed by atoms with Crippen LogP contribution in [0.3, 0.4) is 0 Å². The molecule has 3 nitrogen and oxygen atoms in total. The van der Waals surface area contributed by atoms with Gasteiger partial charge in [-0.05, 0) is 0 Å². The van der Waals surface area contributed by atoms with E-state index in [9.17, 15) is 4.79 Å². The summed E-state index contributed by atoms with van der Waals surface area (Å²) in [5.41, 5.74) is 0. The molecule has 0 amide bonds. The Balaban J connectivity index is 3.54. The Kier molecular flexibility index (Phi) is 7.52. The molecule has 0 unspecified atom stereocenters. The fraction of sp³-hybridized carbons (Fsp3) is 0.800. The number of ether oxygens (including phenoxy) is 2. The first-order chi connectivity index (χ1) is 5.24. The van der Waals surface area contributed by atoms with Crippen molar-refractivity contribution < 1.29 is 14.3 Å². The van der Waals surface area contributed by atoms with Gasteiger partial charge in [0.25, 0.3) is 0 Å². The molecule has 0 saturated carbocycles. The Morgan fingerprint density at radius 3 is 2.36 bits per heavy atom. The summed E-state index contributed by atoms with van der Waals surface area (Å²) in [4.78, 5) is 10.6. The van der Waals surface area contributed by atoms with Crippen molar-refractivity contribution in [3.8, 4) is 0 Å². The Hall–Kier alpha value is 0.520. The first kappa shape index (κ1) is 11.5. The number of carbonyl (C=O) groups excluding carboxylic acids is 1. The molecule has 0 aromatic carbocycles. The third kappa shape index (κ3) is 5.75. The van der Waals surface area contributed by atoms with Crippen LogP contribution in [-0.2, 0) is 9.47 Å². The molecule has 0 radical (unpaired) electrons. The van der Waals surface area contributed by atoms with Crippen molar-refractivity contribution in [2.75, 3.05) is 16.7 Å². The SMILES string of the molecule is O=C(OCCl)OC(CBr)CBr. The van der Waals surface area contributed by atoms with Gasteiger partial charge in [-0.1, -0.05) is 43.5 Å². The summed E-state index contributed by atoms with van der Waals surface area (Å²) in [7, 11) is 0. The Labute approximate surface area is 86.6 Å². The lowest BCUT2D eigenvalue weighted by molar-refractivity contribution is 0.0487. The number of carbonyl (C=O) groups is 1. The van der Waals surface area contributed by atoms with Gasteiger partial charge < -0.3 is 9.47 Å². The van der Waals surface area contributed by atoms with E-state index >= 15 is 0 Å². The number of hydrogen-bond acceptors (Lipinski definition) is 3. The van der Waals surface area contributed by atoms with Gasteiger partial charge in [-0.2, -0.15) is 0 Å². The van der Waals surface area contributed by atoms with Crippen LogP contribution in [-0.4, -0.2) is 29.0 Å². The van der Waals surface area contributed by atoms with E-state index in [4.69, 9.17) is 16.3 Å². The van der Waals surface area contributed by atoms with Gasteiger partial charge in [-0.25, -0.2) is 4.79 Å². The second-order valence-corrected chi connectivity index (χ2v) is 3.07. The van der Waals surface area contributed by atoms with Crippen LogP contribution in [0.5, 0.6) is 0 Å². The van der Waals surface area contributed by atoms with Crippen LogP contribution in [0.25, 0.3) is 0 Å². The zero-order valence-corrected chi connectivity index (χ0v) is 9.49. The van der Waals surface area contributed by atoms with Crippen molar-refractivity contribution in [3.63, 3.8) is 0 Å². The van der Waals surface area contributed by atoms with Gasteiger partial charge in [-0.15, -0.1) is 0 Å². The maximum atomic E-state index is 10.6. The quantitative estimate of drug-likeness (QED) is 0.591. The monoisotopic (exact) mass is 308 g/mol. The van der Waals surface area contributed by atoms with Crippen LogP contribution in [0, 0.1) is 0 Å². The van der Waals surface area contributed by atoms with Crippen LogP contribution >= 0.6 is 43.5 Å². The van der Waals surface area contributed by atoms with E-state index in [2.05, 4.69) is 36.6 Å².